The highest BCUT2D eigenvalue weighted by Crippen LogP contribution is 2.34. The fourth-order valence-electron chi connectivity index (χ4n) is 2.20. The third-order valence-electron chi connectivity index (χ3n) is 3.35. The third-order valence-corrected chi connectivity index (χ3v) is 4.92. The Labute approximate surface area is 140 Å². The fraction of sp³-hybridized carbons (Fsp3) is 0.0588. The summed E-state index contributed by atoms with van der Waals surface area (Å²) in [5.74, 6) is 0.809. The van der Waals surface area contributed by atoms with Crippen LogP contribution in [0, 0.1) is 0 Å². The van der Waals surface area contributed by atoms with Crippen LogP contribution in [-0.4, -0.2) is 0 Å². The molecule has 0 aliphatic rings. The summed E-state index contributed by atoms with van der Waals surface area (Å²) in [5.41, 5.74) is 7.67. The first kappa shape index (κ1) is 14.4. The summed E-state index contributed by atoms with van der Waals surface area (Å²) in [6.07, 6.45) is 0. The van der Waals surface area contributed by atoms with Crippen LogP contribution in [0.15, 0.2) is 63.5 Å². The molecule has 0 saturated carbocycles. The second kappa shape index (κ2) is 6.08. The molecular weight excluding hydrogens is 394 g/mol. The van der Waals surface area contributed by atoms with Crippen LogP contribution in [0.3, 0.4) is 0 Å². The highest BCUT2D eigenvalue weighted by molar-refractivity contribution is 9.11. The molecule has 2 nitrogen and oxygen atoms in total. The molecule has 0 spiro atoms. The Balaban J connectivity index is 1.91. The van der Waals surface area contributed by atoms with Crippen LogP contribution in [0.5, 0.6) is 5.75 Å². The van der Waals surface area contributed by atoms with Crippen LogP contribution in [0.2, 0.25) is 0 Å². The van der Waals surface area contributed by atoms with Gasteiger partial charge in [-0.25, -0.2) is 0 Å². The zero-order chi connectivity index (χ0) is 14.8. The van der Waals surface area contributed by atoms with Crippen LogP contribution >= 0.6 is 31.9 Å². The summed E-state index contributed by atoms with van der Waals surface area (Å²) in [6, 6.07) is 18.0. The Bertz CT molecular complexity index is 782. The largest absolute Gasteiger partial charge is 0.488 e. The molecule has 0 amide bonds. The number of hydrogen-bond acceptors (Lipinski definition) is 2. The maximum Gasteiger partial charge on any atom is 0.134 e. The van der Waals surface area contributed by atoms with E-state index in [1.54, 1.807) is 0 Å². The average molecular weight is 407 g/mol. The van der Waals surface area contributed by atoms with Gasteiger partial charge < -0.3 is 10.5 Å². The van der Waals surface area contributed by atoms with Gasteiger partial charge in [-0.1, -0.05) is 52.3 Å². The van der Waals surface area contributed by atoms with Gasteiger partial charge in [-0.05, 0) is 44.9 Å². The molecule has 0 heterocycles. The Hall–Kier alpha value is -1.52. The molecule has 3 aromatic carbocycles. The van der Waals surface area contributed by atoms with Crippen LogP contribution in [-0.2, 0) is 6.61 Å². The van der Waals surface area contributed by atoms with E-state index >= 15 is 0 Å². The lowest BCUT2D eigenvalue weighted by Gasteiger charge is -2.13. The Kier molecular flexibility index (Phi) is 4.17. The minimum absolute atomic E-state index is 0.421. The number of rotatable bonds is 3. The molecule has 0 radical (unpaired) electrons. The summed E-state index contributed by atoms with van der Waals surface area (Å²) < 4.78 is 7.86. The van der Waals surface area contributed by atoms with Crippen molar-refractivity contribution in [3.8, 4) is 5.75 Å². The number of nitrogens with two attached hydrogens (primary N) is 1. The number of halogens is 2. The van der Waals surface area contributed by atoms with E-state index in [1.807, 2.05) is 36.4 Å². The summed E-state index contributed by atoms with van der Waals surface area (Å²) in [4.78, 5) is 0. The van der Waals surface area contributed by atoms with Gasteiger partial charge in [-0.2, -0.15) is 0 Å². The second-order valence-electron chi connectivity index (χ2n) is 4.70. The number of benzene rings is 3. The van der Waals surface area contributed by atoms with Gasteiger partial charge in [0.05, 0.1) is 4.47 Å². The van der Waals surface area contributed by atoms with Crippen molar-refractivity contribution in [1.29, 1.82) is 0 Å². The van der Waals surface area contributed by atoms with Gasteiger partial charge in [0.2, 0.25) is 0 Å². The van der Waals surface area contributed by atoms with E-state index < -0.39 is 0 Å². The predicted molar refractivity (Wildman–Crippen MR) is 94.5 cm³/mol. The third kappa shape index (κ3) is 2.92. The molecule has 0 aliphatic heterocycles. The summed E-state index contributed by atoms with van der Waals surface area (Å²) in [5, 5.41) is 2.31. The first-order chi connectivity index (χ1) is 10.2. The molecule has 0 saturated heterocycles. The molecular formula is C17H13Br2NO. The van der Waals surface area contributed by atoms with Crippen molar-refractivity contribution in [3.63, 3.8) is 0 Å². The van der Waals surface area contributed by atoms with E-state index in [9.17, 15) is 0 Å². The Morgan fingerprint density at radius 2 is 1.71 bits per heavy atom. The van der Waals surface area contributed by atoms with Crippen molar-refractivity contribution < 1.29 is 4.74 Å². The van der Waals surface area contributed by atoms with Gasteiger partial charge in [0.1, 0.15) is 12.4 Å². The molecule has 21 heavy (non-hydrogen) atoms. The van der Waals surface area contributed by atoms with E-state index in [1.165, 1.54) is 5.39 Å². The lowest BCUT2D eigenvalue weighted by atomic mass is 10.1. The van der Waals surface area contributed by atoms with Gasteiger partial charge in [-0.3, -0.25) is 0 Å². The summed E-state index contributed by atoms with van der Waals surface area (Å²) in [6.45, 7) is 0.421. The number of nitrogen functional groups attached to an aromatic ring is 1. The first-order valence-electron chi connectivity index (χ1n) is 6.50. The number of fused-ring (bicyclic) bond motifs is 1. The van der Waals surface area contributed by atoms with E-state index in [4.69, 9.17) is 10.5 Å². The molecule has 0 bridgehead atoms. The van der Waals surface area contributed by atoms with Crippen LogP contribution < -0.4 is 10.5 Å². The molecule has 4 heteroatoms. The minimum Gasteiger partial charge on any atom is -0.488 e. The van der Waals surface area contributed by atoms with Gasteiger partial charge in [0.15, 0.2) is 0 Å². The van der Waals surface area contributed by atoms with Gasteiger partial charge >= 0.3 is 0 Å². The van der Waals surface area contributed by atoms with E-state index in [-0.39, 0.29) is 0 Å². The standard InChI is InChI=1S/C17H13Br2NO/c18-14-6-3-7-15(20)13(14)10-21-16-9-8-11-4-1-2-5-12(11)17(16)19/h1-9H,10,20H2. The zero-order valence-electron chi connectivity index (χ0n) is 11.1. The summed E-state index contributed by atoms with van der Waals surface area (Å²) >= 11 is 7.13. The fourth-order valence-corrected chi connectivity index (χ4v) is 3.31. The van der Waals surface area contributed by atoms with Crippen molar-refractivity contribution >= 4 is 48.3 Å². The quantitative estimate of drug-likeness (QED) is 0.580. The van der Waals surface area contributed by atoms with Crippen molar-refractivity contribution in [2.75, 3.05) is 5.73 Å². The van der Waals surface area contributed by atoms with Crippen molar-refractivity contribution in [3.05, 3.63) is 69.1 Å². The normalized spacial score (nSPS) is 10.8. The molecule has 0 aromatic heterocycles. The minimum atomic E-state index is 0.421. The van der Waals surface area contributed by atoms with Crippen LogP contribution in [0.1, 0.15) is 5.56 Å². The molecule has 0 fully saturated rings. The molecule has 0 atom stereocenters. The first-order valence-corrected chi connectivity index (χ1v) is 8.08. The van der Waals surface area contributed by atoms with Gasteiger partial charge in [0, 0.05) is 15.7 Å². The molecule has 0 unspecified atom stereocenters. The molecule has 106 valence electrons. The Morgan fingerprint density at radius 1 is 0.905 bits per heavy atom. The molecule has 3 rings (SSSR count). The van der Waals surface area contributed by atoms with E-state index in [0.717, 1.165) is 31.3 Å². The monoisotopic (exact) mass is 405 g/mol. The maximum atomic E-state index is 5.99. The number of ether oxygens (including phenoxy) is 1. The van der Waals surface area contributed by atoms with Crippen LogP contribution in [0.25, 0.3) is 10.8 Å². The zero-order valence-corrected chi connectivity index (χ0v) is 14.3. The van der Waals surface area contributed by atoms with E-state index in [2.05, 4.69) is 50.1 Å². The molecule has 2 N–H and O–H groups in total. The van der Waals surface area contributed by atoms with Crippen molar-refractivity contribution in [2.45, 2.75) is 6.61 Å². The topological polar surface area (TPSA) is 35.2 Å². The smallest absolute Gasteiger partial charge is 0.134 e. The summed E-state index contributed by atoms with van der Waals surface area (Å²) in [7, 11) is 0. The Morgan fingerprint density at radius 3 is 2.52 bits per heavy atom. The number of hydrogen-bond donors (Lipinski definition) is 1. The van der Waals surface area contributed by atoms with E-state index in [0.29, 0.717) is 6.61 Å². The van der Waals surface area contributed by atoms with Crippen molar-refractivity contribution in [2.24, 2.45) is 0 Å². The highest BCUT2D eigenvalue weighted by Gasteiger charge is 2.09. The lowest BCUT2D eigenvalue weighted by Crippen LogP contribution is -2.01. The van der Waals surface area contributed by atoms with Gasteiger partial charge in [-0.15, -0.1) is 0 Å². The predicted octanol–water partition coefficient (Wildman–Crippen LogP) is 5.53. The maximum absolute atomic E-state index is 5.99. The molecule has 3 aromatic rings. The second-order valence-corrected chi connectivity index (χ2v) is 6.34. The number of anilines is 1. The lowest BCUT2D eigenvalue weighted by molar-refractivity contribution is 0.305. The molecule has 0 aliphatic carbocycles. The van der Waals surface area contributed by atoms with Crippen molar-refractivity contribution in [1.82, 2.24) is 0 Å². The SMILES string of the molecule is Nc1cccc(Br)c1COc1ccc2ccccc2c1Br. The van der Waals surface area contributed by atoms with Crippen LogP contribution in [0.4, 0.5) is 5.69 Å². The average Bonchev–Trinajstić information content (AvgIpc) is 2.49. The highest BCUT2D eigenvalue weighted by atomic mass is 79.9. The van der Waals surface area contributed by atoms with Gasteiger partial charge in [0.25, 0.3) is 0 Å².